The third-order valence-electron chi connectivity index (χ3n) is 3.55. The van der Waals surface area contributed by atoms with Gasteiger partial charge >= 0.3 is 6.16 Å². The molecule has 1 atom stereocenters. The minimum Gasteiger partial charge on any atom is -0.508 e. The van der Waals surface area contributed by atoms with Gasteiger partial charge in [0.2, 0.25) is 0 Å². The van der Waals surface area contributed by atoms with E-state index in [9.17, 15) is 15.0 Å². The van der Waals surface area contributed by atoms with Gasteiger partial charge in [0.25, 0.3) is 0 Å². The van der Waals surface area contributed by atoms with E-state index in [1.54, 1.807) is 0 Å². The van der Waals surface area contributed by atoms with Crippen molar-refractivity contribution in [3.8, 4) is 17.2 Å². The number of aryl methyl sites for hydroxylation is 1. The molecule has 0 radical (unpaired) electrons. The summed E-state index contributed by atoms with van der Waals surface area (Å²) in [6, 6.07) is 13.6. The van der Waals surface area contributed by atoms with Gasteiger partial charge in [-0.2, -0.15) is 0 Å². The van der Waals surface area contributed by atoms with Crippen molar-refractivity contribution in [2.45, 2.75) is 38.7 Å². The Labute approximate surface area is 141 Å². The molecule has 0 aliphatic carbocycles. The number of hydrogen-bond acceptors (Lipinski definition) is 5. The number of rotatable bonds is 7. The minimum atomic E-state index is -0.841. The van der Waals surface area contributed by atoms with Crippen LogP contribution in [0.2, 0.25) is 0 Å². The fourth-order valence-corrected chi connectivity index (χ4v) is 2.44. The second kappa shape index (κ2) is 8.82. The largest absolute Gasteiger partial charge is 0.514 e. The van der Waals surface area contributed by atoms with E-state index < -0.39 is 6.16 Å². The highest BCUT2D eigenvalue weighted by molar-refractivity contribution is 5.64. The molecule has 0 heterocycles. The van der Waals surface area contributed by atoms with Gasteiger partial charge in [-0.15, -0.1) is 0 Å². The van der Waals surface area contributed by atoms with Gasteiger partial charge in [-0.3, -0.25) is 0 Å². The quantitative estimate of drug-likeness (QED) is 0.581. The maximum atomic E-state index is 11.9. The van der Waals surface area contributed by atoms with E-state index >= 15 is 0 Å². The molecule has 5 heteroatoms. The van der Waals surface area contributed by atoms with E-state index in [1.165, 1.54) is 17.7 Å². The predicted molar refractivity (Wildman–Crippen MR) is 90.3 cm³/mol. The summed E-state index contributed by atoms with van der Waals surface area (Å²) in [5, 5.41) is 18.8. The van der Waals surface area contributed by atoms with Crippen LogP contribution in [0.5, 0.6) is 17.2 Å². The zero-order valence-electron chi connectivity index (χ0n) is 13.6. The van der Waals surface area contributed by atoms with Gasteiger partial charge in [-0.25, -0.2) is 4.79 Å². The Hall–Kier alpha value is -2.69. The molecule has 24 heavy (non-hydrogen) atoms. The SMILES string of the molecule is CCC[C@H](CCc1ccccc1)OC(=O)Oc1cc(O)cc(O)c1. The molecule has 0 unspecified atom stereocenters. The van der Waals surface area contributed by atoms with Gasteiger partial charge < -0.3 is 19.7 Å². The molecule has 0 spiro atoms. The maximum absolute atomic E-state index is 11.9. The van der Waals surface area contributed by atoms with E-state index in [-0.39, 0.29) is 23.4 Å². The molecule has 0 bridgehead atoms. The average Bonchev–Trinajstić information content (AvgIpc) is 2.52. The highest BCUT2D eigenvalue weighted by Gasteiger charge is 2.16. The van der Waals surface area contributed by atoms with Crippen molar-refractivity contribution in [2.24, 2.45) is 0 Å². The smallest absolute Gasteiger partial charge is 0.508 e. The van der Waals surface area contributed by atoms with Crippen molar-refractivity contribution in [3.63, 3.8) is 0 Å². The van der Waals surface area contributed by atoms with Crippen LogP contribution in [0.1, 0.15) is 31.7 Å². The number of carbonyl (C=O) groups is 1. The molecule has 0 saturated heterocycles. The highest BCUT2D eigenvalue weighted by atomic mass is 16.7. The molecule has 0 saturated carbocycles. The van der Waals surface area contributed by atoms with E-state index in [2.05, 4.69) is 0 Å². The number of aromatic hydroxyl groups is 2. The van der Waals surface area contributed by atoms with Crippen LogP contribution in [-0.4, -0.2) is 22.5 Å². The lowest BCUT2D eigenvalue weighted by molar-refractivity contribution is 0.0505. The van der Waals surface area contributed by atoms with Crippen molar-refractivity contribution in [1.82, 2.24) is 0 Å². The molecule has 0 amide bonds. The summed E-state index contributed by atoms with van der Waals surface area (Å²) in [6.07, 6.45) is 2.07. The fraction of sp³-hybridized carbons (Fsp3) is 0.316. The number of phenols is 2. The number of benzene rings is 2. The third kappa shape index (κ3) is 5.83. The van der Waals surface area contributed by atoms with E-state index in [4.69, 9.17) is 9.47 Å². The van der Waals surface area contributed by atoms with Gasteiger partial charge in [0.15, 0.2) is 0 Å². The van der Waals surface area contributed by atoms with Crippen LogP contribution in [0.25, 0.3) is 0 Å². The second-order valence-electron chi connectivity index (χ2n) is 5.59. The summed E-state index contributed by atoms with van der Waals surface area (Å²) in [7, 11) is 0. The molecular weight excluding hydrogens is 308 g/mol. The normalized spacial score (nSPS) is 11.7. The van der Waals surface area contributed by atoms with Gasteiger partial charge in [-0.05, 0) is 24.8 Å². The number of phenolic OH excluding ortho intramolecular Hbond substituents is 2. The zero-order valence-corrected chi connectivity index (χ0v) is 13.6. The highest BCUT2D eigenvalue weighted by Crippen LogP contribution is 2.26. The van der Waals surface area contributed by atoms with Crippen LogP contribution in [0, 0.1) is 0 Å². The van der Waals surface area contributed by atoms with Crippen LogP contribution in [0.4, 0.5) is 4.79 Å². The molecule has 2 aromatic rings. The summed E-state index contributed by atoms with van der Waals surface area (Å²) < 4.78 is 10.4. The van der Waals surface area contributed by atoms with Crippen LogP contribution in [-0.2, 0) is 11.2 Å². The van der Waals surface area contributed by atoms with E-state index in [0.29, 0.717) is 6.42 Å². The Morgan fingerprint density at radius 2 is 1.71 bits per heavy atom. The third-order valence-corrected chi connectivity index (χ3v) is 3.55. The number of ether oxygens (including phenoxy) is 2. The molecule has 0 fully saturated rings. The lowest BCUT2D eigenvalue weighted by Crippen LogP contribution is -2.21. The van der Waals surface area contributed by atoms with Crippen LogP contribution in [0.15, 0.2) is 48.5 Å². The first kappa shape index (κ1) is 17.7. The first-order chi connectivity index (χ1) is 11.6. The van der Waals surface area contributed by atoms with Gasteiger partial charge in [0, 0.05) is 18.2 Å². The average molecular weight is 330 g/mol. The molecule has 2 N–H and O–H groups in total. The zero-order chi connectivity index (χ0) is 17.4. The van der Waals surface area contributed by atoms with Crippen molar-refractivity contribution < 1.29 is 24.5 Å². The fourth-order valence-electron chi connectivity index (χ4n) is 2.44. The Morgan fingerprint density at radius 3 is 2.33 bits per heavy atom. The first-order valence-electron chi connectivity index (χ1n) is 8.02. The molecule has 2 rings (SSSR count). The molecule has 0 aliphatic rings. The van der Waals surface area contributed by atoms with Gasteiger partial charge in [0.05, 0.1) is 0 Å². The molecular formula is C19H22O5. The Kier molecular flexibility index (Phi) is 6.49. The standard InChI is InChI=1S/C19H22O5/c1-2-6-17(10-9-14-7-4-3-5-8-14)23-19(22)24-18-12-15(20)11-16(21)13-18/h3-5,7-8,11-13,17,20-21H,2,6,9-10H2,1H3/t17-/m1/s1. The van der Waals surface area contributed by atoms with E-state index in [1.807, 2.05) is 37.3 Å². The lowest BCUT2D eigenvalue weighted by Gasteiger charge is -2.17. The number of carbonyl (C=O) groups excluding carboxylic acids is 1. The Bertz CT molecular complexity index is 634. The van der Waals surface area contributed by atoms with Gasteiger partial charge in [-0.1, -0.05) is 43.7 Å². The summed E-state index contributed by atoms with van der Waals surface area (Å²) in [5.74, 6) is -0.338. The minimum absolute atomic E-state index is 0.0378. The monoisotopic (exact) mass is 330 g/mol. The van der Waals surface area contributed by atoms with E-state index in [0.717, 1.165) is 25.3 Å². The Morgan fingerprint density at radius 1 is 1.04 bits per heavy atom. The summed E-state index contributed by atoms with van der Waals surface area (Å²) >= 11 is 0. The number of hydrogen-bond donors (Lipinski definition) is 2. The predicted octanol–water partition coefficient (Wildman–Crippen LogP) is 4.41. The molecule has 2 aromatic carbocycles. The molecule has 0 aliphatic heterocycles. The lowest BCUT2D eigenvalue weighted by atomic mass is 10.0. The molecule has 0 aromatic heterocycles. The molecule has 5 nitrogen and oxygen atoms in total. The van der Waals surface area contributed by atoms with Gasteiger partial charge in [0.1, 0.15) is 23.4 Å². The summed E-state index contributed by atoms with van der Waals surface area (Å²) in [5.41, 5.74) is 1.19. The van der Waals surface area contributed by atoms with Crippen molar-refractivity contribution in [1.29, 1.82) is 0 Å². The van der Waals surface area contributed by atoms with Crippen molar-refractivity contribution in [3.05, 3.63) is 54.1 Å². The maximum Gasteiger partial charge on any atom is 0.514 e. The van der Waals surface area contributed by atoms with Crippen molar-refractivity contribution >= 4 is 6.16 Å². The first-order valence-corrected chi connectivity index (χ1v) is 8.02. The summed E-state index contributed by atoms with van der Waals surface area (Å²) in [6.45, 7) is 2.03. The van der Waals surface area contributed by atoms with Crippen LogP contribution in [0.3, 0.4) is 0 Å². The summed E-state index contributed by atoms with van der Waals surface area (Å²) in [4.78, 5) is 11.9. The molecule has 128 valence electrons. The topological polar surface area (TPSA) is 76.0 Å². The van der Waals surface area contributed by atoms with Crippen LogP contribution >= 0.6 is 0 Å². The Balaban J connectivity index is 1.90. The second-order valence-corrected chi connectivity index (χ2v) is 5.59. The van der Waals surface area contributed by atoms with Crippen LogP contribution < -0.4 is 4.74 Å². The van der Waals surface area contributed by atoms with Crippen molar-refractivity contribution in [2.75, 3.05) is 0 Å².